The Morgan fingerprint density at radius 3 is 2.71 bits per heavy atom. The zero-order valence-electron chi connectivity index (χ0n) is 9.93. The summed E-state index contributed by atoms with van der Waals surface area (Å²) in [5.41, 5.74) is 1.46. The number of benzene rings is 1. The van der Waals surface area contributed by atoms with Crippen LogP contribution in [0.2, 0.25) is 0 Å². The van der Waals surface area contributed by atoms with Gasteiger partial charge in [0, 0.05) is 24.8 Å². The lowest BCUT2D eigenvalue weighted by Gasteiger charge is -2.35. The lowest BCUT2D eigenvalue weighted by Crippen LogP contribution is -2.37. The van der Waals surface area contributed by atoms with E-state index in [9.17, 15) is 14.6 Å². The number of aliphatic hydroxyl groups is 2. The Morgan fingerprint density at radius 1 is 1.41 bits per heavy atom. The predicted molar refractivity (Wildman–Crippen MR) is 64.3 cm³/mol. The number of rotatable bonds is 4. The monoisotopic (exact) mass is 239 g/mol. The summed E-state index contributed by atoms with van der Waals surface area (Å²) in [7, 11) is 1.93. The van der Waals surface area contributed by atoms with E-state index in [1.54, 1.807) is 6.07 Å². The zero-order chi connectivity index (χ0) is 12.4. The van der Waals surface area contributed by atoms with Gasteiger partial charge in [-0.2, -0.15) is 0 Å². The Bertz CT molecular complexity index is 391. The SMILES string of the molecule is CN(CC1CC(O)C1)c1ccc(F)cc1CO. The number of anilines is 1. The van der Waals surface area contributed by atoms with Gasteiger partial charge in [-0.25, -0.2) is 4.39 Å². The third-order valence-corrected chi connectivity index (χ3v) is 3.37. The molecule has 1 aromatic rings. The van der Waals surface area contributed by atoms with Gasteiger partial charge in [0.05, 0.1) is 12.7 Å². The van der Waals surface area contributed by atoms with Crippen LogP contribution in [0.25, 0.3) is 0 Å². The minimum atomic E-state index is -0.328. The fourth-order valence-corrected chi connectivity index (χ4v) is 2.39. The first kappa shape index (κ1) is 12.3. The van der Waals surface area contributed by atoms with E-state index in [-0.39, 0.29) is 18.5 Å². The summed E-state index contributed by atoms with van der Waals surface area (Å²) in [5.74, 6) is 0.164. The lowest BCUT2D eigenvalue weighted by molar-refractivity contribution is 0.0464. The highest BCUT2D eigenvalue weighted by atomic mass is 19.1. The minimum absolute atomic E-state index is 0.154. The van der Waals surface area contributed by atoms with Crippen molar-refractivity contribution in [2.45, 2.75) is 25.6 Å². The van der Waals surface area contributed by atoms with E-state index in [0.29, 0.717) is 11.5 Å². The molecule has 94 valence electrons. The van der Waals surface area contributed by atoms with Gasteiger partial charge in [-0.3, -0.25) is 0 Å². The molecule has 0 amide bonds. The molecule has 1 aromatic carbocycles. The molecular weight excluding hydrogens is 221 g/mol. The highest BCUT2D eigenvalue weighted by molar-refractivity contribution is 5.53. The topological polar surface area (TPSA) is 43.7 Å². The summed E-state index contributed by atoms with van der Waals surface area (Å²) < 4.78 is 13.0. The molecule has 0 heterocycles. The molecule has 0 aromatic heterocycles. The molecule has 0 saturated heterocycles. The average molecular weight is 239 g/mol. The van der Waals surface area contributed by atoms with Crippen LogP contribution in [-0.4, -0.2) is 29.9 Å². The number of hydrogen-bond donors (Lipinski definition) is 2. The normalized spacial score (nSPS) is 23.3. The molecule has 0 aliphatic heterocycles. The van der Waals surface area contributed by atoms with Crippen LogP contribution in [0.4, 0.5) is 10.1 Å². The van der Waals surface area contributed by atoms with E-state index in [1.165, 1.54) is 12.1 Å². The van der Waals surface area contributed by atoms with E-state index < -0.39 is 0 Å². The molecule has 2 N–H and O–H groups in total. The highest BCUT2D eigenvalue weighted by Crippen LogP contribution is 2.30. The molecule has 0 radical (unpaired) electrons. The Morgan fingerprint density at radius 2 is 2.12 bits per heavy atom. The number of hydrogen-bond acceptors (Lipinski definition) is 3. The van der Waals surface area contributed by atoms with E-state index in [1.807, 2.05) is 11.9 Å². The second-order valence-corrected chi connectivity index (χ2v) is 4.80. The maximum Gasteiger partial charge on any atom is 0.123 e. The molecule has 2 rings (SSSR count). The largest absolute Gasteiger partial charge is 0.393 e. The van der Waals surface area contributed by atoms with Crippen molar-refractivity contribution in [1.29, 1.82) is 0 Å². The molecule has 1 aliphatic carbocycles. The predicted octanol–water partition coefficient (Wildman–Crippen LogP) is 1.53. The fraction of sp³-hybridized carbons (Fsp3) is 0.538. The van der Waals surface area contributed by atoms with Crippen molar-refractivity contribution in [1.82, 2.24) is 0 Å². The molecular formula is C13H18FNO2. The summed E-state index contributed by atoms with van der Waals surface area (Å²) >= 11 is 0. The second-order valence-electron chi connectivity index (χ2n) is 4.80. The van der Waals surface area contributed by atoms with E-state index in [0.717, 1.165) is 25.1 Å². The Hall–Kier alpha value is -1.13. The van der Waals surface area contributed by atoms with E-state index in [2.05, 4.69) is 0 Å². The van der Waals surface area contributed by atoms with Crippen LogP contribution >= 0.6 is 0 Å². The van der Waals surface area contributed by atoms with Gasteiger partial charge in [-0.15, -0.1) is 0 Å². The van der Waals surface area contributed by atoms with Crippen molar-refractivity contribution in [3.8, 4) is 0 Å². The highest BCUT2D eigenvalue weighted by Gasteiger charge is 2.28. The van der Waals surface area contributed by atoms with Crippen molar-refractivity contribution in [3.63, 3.8) is 0 Å². The van der Waals surface area contributed by atoms with Crippen LogP contribution in [0.15, 0.2) is 18.2 Å². The molecule has 0 spiro atoms. The molecule has 1 aliphatic rings. The summed E-state index contributed by atoms with van der Waals surface area (Å²) in [5, 5.41) is 18.4. The van der Waals surface area contributed by atoms with Gasteiger partial charge in [0.2, 0.25) is 0 Å². The summed E-state index contributed by atoms with van der Waals surface area (Å²) in [6, 6.07) is 4.46. The molecule has 0 unspecified atom stereocenters. The number of nitrogens with zero attached hydrogens (tertiary/aromatic N) is 1. The first-order valence-corrected chi connectivity index (χ1v) is 5.88. The van der Waals surface area contributed by atoms with Crippen molar-refractivity contribution in [2.75, 3.05) is 18.5 Å². The van der Waals surface area contributed by atoms with Crippen molar-refractivity contribution in [3.05, 3.63) is 29.6 Å². The Kier molecular flexibility index (Phi) is 3.64. The van der Waals surface area contributed by atoms with Crippen LogP contribution < -0.4 is 4.90 Å². The van der Waals surface area contributed by atoms with Crippen LogP contribution in [0.1, 0.15) is 18.4 Å². The molecule has 4 heteroatoms. The molecule has 0 atom stereocenters. The number of aliphatic hydroxyl groups excluding tert-OH is 2. The fourth-order valence-electron chi connectivity index (χ4n) is 2.39. The van der Waals surface area contributed by atoms with Gasteiger partial charge >= 0.3 is 0 Å². The second kappa shape index (κ2) is 5.02. The zero-order valence-corrected chi connectivity index (χ0v) is 9.93. The van der Waals surface area contributed by atoms with Crippen LogP contribution in [0, 0.1) is 11.7 Å². The molecule has 1 fully saturated rings. The number of halogens is 1. The van der Waals surface area contributed by atoms with Gasteiger partial charge < -0.3 is 15.1 Å². The average Bonchev–Trinajstić information content (AvgIpc) is 2.26. The van der Waals surface area contributed by atoms with Crippen LogP contribution in [0.5, 0.6) is 0 Å². The van der Waals surface area contributed by atoms with Gasteiger partial charge in [-0.1, -0.05) is 0 Å². The first-order valence-electron chi connectivity index (χ1n) is 5.88. The maximum absolute atomic E-state index is 13.0. The third kappa shape index (κ3) is 2.76. The first-order chi connectivity index (χ1) is 8.10. The quantitative estimate of drug-likeness (QED) is 0.837. The summed E-state index contributed by atoms with van der Waals surface area (Å²) in [6.45, 7) is 0.667. The van der Waals surface area contributed by atoms with Gasteiger partial charge in [0.15, 0.2) is 0 Å². The van der Waals surface area contributed by atoms with Crippen molar-refractivity contribution in [2.24, 2.45) is 5.92 Å². The Labute approximate surface area is 100 Å². The minimum Gasteiger partial charge on any atom is -0.393 e. The van der Waals surface area contributed by atoms with E-state index >= 15 is 0 Å². The Balaban J connectivity index is 2.05. The van der Waals surface area contributed by atoms with Gasteiger partial charge in [-0.05, 0) is 37.0 Å². The third-order valence-electron chi connectivity index (χ3n) is 3.37. The van der Waals surface area contributed by atoms with Crippen molar-refractivity contribution >= 4 is 5.69 Å². The summed E-state index contributed by atoms with van der Waals surface area (Å²) in [6.07, 6.45) is 1.51. The standard InChI is InChI=1S/C13H18FNO2/c1-15(7-9-4-12(17)5-9)13-3-2-11(14)6-10(13)8-16/h2-3,6,9,12,16-17H,4-5,7-8H2,1H3. The van der Waals surface area contributed by atoms with Gasteiger partial charge in [0.1, 0.15) is 5.82 Å². The van der Waals surface area contributed by atoms with Crippen LogP contribution in [0.3, 0.4) is 0 Å². The molecule has 0 bridgehead atoms. The van der Waals surface area contributed by atoms with Crippen molar-refractivity contribution < 1.29 is 14.6 Å². The lowest BCUT2D eigenvalue weighted by atomic mass is 9.82. The maximum atomic E-state index is 13.0. The molecule has 3 nitrogen and oxygen atoms in total. The van der Waals surface area contributed by atoms with Gasteiger partial charge in [0.25, 0.3) is 0 Å². The molecule has 1 saturated carbocycles. The smallest absolute Gasteiger partial charge is 0.123 e. The molecule has 17 heavy (non-hydrogen) atoms. The summed E-state index contributed by atoms with van der Waals surface area (Å²) in [4.78, 5) is 2.02. The van der Waals surface area contributed by atoms with E-state index in [4.69, 9.17) is 0 Å². The van der Waals surface area contributed by atoms with Crippen LogP contribution in [-0.2, 0) is 6.61 Å².